The van der Waals surface area contributed by atoms with Crippen molar-refractivity contribution in [3.8, 4) is 0 Å². The maximum Gasteiger partial charge on any atom is 0.248 e. The lowest BCUT2D eigenvalue weighted by molar-refractivity contribution is -0.112. The third-order valence-electron chi connectivity index (χ3n) is 2.74. The zero-order chi connectivity index (χ0) is 13.7. The summed E-state index contributed by atoms with van der Waals surface area (Å²) < 4.78 is 0. The van der Waals surface area contributed by atoms with Crippen LogP contribution in [0.25, 0.3) is 0 Å². The predicted molar refractivity (Wildman–Crippen MR) is 78.3 cm³/mol. The molecule has 1 N–H and O–H groups in total. The third-order valence-corrected chi connectivity index (χ3v) is 3.10. The van der Waals surface area contributed by atoms with Crippen LogP contribution in [0.15, 0.2) is 23.8 Å². The molecule has 0 aromatic heterocycles. The normalized spacial score (nSPS) is 10.1. The number of rotatable bonds is 4. The molecule has 1 aromatic carbocycles. The van der Waals surface area contributed by atoms with E-state index in [9.17, 15) is 4.79 Å². The first kappa shape index (κ1) is 14.8. The zero-order valence-electron chi connectivity index (χ0n) is 11.4. The summed E-state index contributed by atoms with van der Waals surface area (Å²) in [4.78, 5) is 11.8. The van der Waals surface area contributed by atoms with Gasteiger partial charge in [-0.3, -0.25) is 4.79 Å². The van der Waals surface area contributed by atoms with E-state index in [1.807, 2.05) is 32.9 Å². The smallest absolute Gasteiger partial charge is 0.248 e. The number of anilines is 1. The molecule has 0 spiro atoms. The highest BCUT2D eigenvalue weighted by molar-refractivity contribution is 6.32. The fourth-order valence-electron chi connectivity index (χ4n) is 1.89. The summed E-state index contributed by atoms with van der Waals surface area (Å²) in [6.07, 6.45) is 3.27. The molecule has 18 heavy (non-hydrogen) atoms. The molecule has 0 aliphatic rings. The second-order valence-electron chi connectivity index (χ2n) is 4.48. The molecule has 0 radical (unpaired) electrons. The molecular formula is C15H20ClNO. The molecule has 0 saturated heterocycles. The number of carbonyl (C=O) groups excluding carboxylic acids is 1. The van der Waals surface area contributed by atoms with Gasteiger partial charge in [-0.2, -0.15) is 0 Å². The second-order valence-corrected chi connectivity index (χ2v) is 4.89. The quantitative estimate of drug-likeness (QED) is 0.805. The zero-order valence-corrected chi connectivity index (χ0v) is 12.2. The summed E-state index contributed by atoms with van der Waals surface area (Å²) in [7, 11) is 0. The lowest BCUT2D eigenvalue weighted by atomic mass is 10.0. The molecule has 0 heterocycles. The number of benzene rings is 1. The van der Waals surface area contributed by atoms with Crippen molar-refractivity contribution in [2.45, 2.75) is 40.5 Å². The van der Waals surface area contributed by atoms with Gasteiger partial charge in [-0.15, -0.1) is 0 Å². The average molecular weight is 266 g/mol. The molecule has 1 aromatic rings. The first-order chi connectivity index (χ1) is 8.49. The SMILES string of the molecule is CCc1ccc(Cl)c(CC)c1NC(=O)C=C(C)C. The van der Waals surface area contributed by atoms with E-state index in [0.29, 0.717) is 5.02 Å². The van der Waals surface area contributed by atoms with Crippen molar-refractivity contribution >= 4 is 23.2 Å². The van der Waals surface area contributed by atoms with Crippen LogP contribution in [0.4, 0.5) is 5.69 Å². The molecule has 0 aliphatic carbocycles. The Morgan fingerprint density at radius 2 is 1.94 bits per heavy atom. The van der Waals surface area contributed by atoms with Gasteiger partial charge in [-0.25, -0.2) is 0 Å². The number of allylic oxidation sites excluding steroid dienone is 1. The predicted octanol–water partition coefficient (Wildman–Crippen LogP) is 4.37. The largest absolute Gasteiger partial charge is 0.322 e. The Morgan fingerprint density at radius 1 is 1.28 bits per heavy atom. The maximum absolute atomic E-state index is 11.8. The Kier molecular flexibility index (Phi) is 5.42. The lowest BCUT2D eigenvalue weighted by Crippen LogP contribution is -2.12. The van der Waals surface area contributed by atoms with Crippen molar-refractivity contribution in [3.05, 3.63) is 39.9 Å². The summed E-state index contributed by atoms with van der Waals surface area (Å²) >= 11 is 6.18. The van der Waals surface area contributed by atoms with Gasteiger partial charge in [0, 0.05) is 16.8 Å². The molecule has 1 amide bonds. The van der Waals surface area contributed by atoms with Gasteiger partial charge in [0.05, 0.1) is 0 Å². The Balaban J connectivity index is 3.16. The summed E-state index contributed by atoms with van der Waals surface area (Å²) in [5.41, 5.74) is 3.97. The van der Waals surface area contributed by atoms with Crippen LogP contribution >= 0.6 is 11.6 Å². The minimum atomic E-state index is -0.0957. The molecule has 1 rings (SSSR count). The van der Waals surface area contributed by atoms with Crippen molar-refractivity contribution in [3.63, 3.8) is 0 Å². The van der Waals surface area contributed by atoms with Gasteiger partial charge in [0.2, 0.25) is 5.91 Å². The van der Waals surface area contributed by atoms with Gasteiger partial charge in [-0.1, -0.05) is 37.1 Å². The molecule has 0 aliphatic heterocycles. The summed E-state index contributed by atoms with van der Waals surface area (Å²) in [5, 5.41) is 3.66. The van der Waals surface area contributed by atoms with E-state index >= 15 is 0 Å². The van der Waals surface area contributed by atoms with Crippen molar-refractivity contribution in [1.29, 1.82) is 0 Å². The number of hydrogen-bond donors (Lipinski definition) is 1. The van der Waals surface area contributed by atoms with Gasteiger partial charge < -0.3 is 5.32 Å². The van der Waals surface area contributed by atoms with E-state index in [1.54, 1.807) is 6.08 Å². The van der Waals surface area contributed by atoms with Gasteiger partial charge in [0.1, 0.15) is 0 Å². The molecule has 98 valence electrons. The molecule has 0 atom stereocenters. The van der Waals surface area contributed by atoms with Crippen LogP contribution in [0.5, 0.6) is 0 Å². The fraction of sp³-hybridized carbons (Fsp3) is 0.400. The molecule has 0 unspecified atom stereocenters. The number of hydrogen-bond acceptors (Lipinski definition) is 1. The topological polar surface area (TPSA) is 29.1 Å². The summed E-state index contributed by atoms with van der Waals surface area (Å²) in [6, 6.07) is 3.87. The highest BCUT2D eigenvalue weighted by Gasteiger charge is 2.11. The van der Waals surface area contributed by atoms with E-state index in [4.69, 9.17) is 11.6 Å². The lowest BCUT2D eigenvalue weighted by Gasteiger charge is -2.15. The minimum absolute atomic E-state index is 0.0957. The molecule has 3 heteroatoms. The number of amides is 1. The molecule has 2 nitrogen and oxygen atoms in total. The monoisotopic (exact) mass is 265 g/mol. The third kappa shape index (κ3) is 3.61. The standard InChI is InChI=1S/C15H20ClNO/c1-5-11-7-8-13(16)12(6-2)15(11)17-14(18)9-10(3)4/h7-9H,5-6H2,1-4H3,(H,17,18). The first-order valence-electron chi connectivity index (χ1n) is 6.25. The van der Waals surface area contributed by atoms with Crippen molar-refractivity contribution in [2.24, 2.45) is 0 Å². The van der Waals surface area contributed by atoms with Crippen molar-refractivity contribution in [1.82, 2.24) is 0 Å². The van der Waals surface area contributed by atoms with Crippen molar-refractivity contribution in [2.75, 3.05) is 5.32 Å². The van der Waals surface area contributed by atoms with Crippen LogP contribution in [0.2, 0.25) is 5.02 Å². The number of nitrogens with one attached hydrogen (secondary N) is 1. The molecular weight excluding hydrogens is 246 g/mol. The molecule has 0 bridgehead atoms. The van der Waals surface area contributed by atoms with E-state index in [1.165, 1.54) is 0 Å². The van der Waals surface area contributed by atoms with Crippen LogP contribution in [0.1, 0.15) is 38.8 Å². The number of aryl methyl sites for hydroxylation is 1. The highest BCUT2D eigenvalue weighted by atomic mass is 35.5. The first-order valence-corrected chi connectivity index (χ1v) is 6.63. The fourth-order valence-corrected chi connectivity index (χ4v) is 2.18. The van der Waals surface area contributed by atoms with Crippen LogP contribution in [-0.2, 0) is 17.6 Å². The Morgan fingerprint density at radius 3 is 2.44 bits per heavy atom. The minimum Gasteiger partial charge on any atom is -0.322 e. The Bertz CT molecular complexity index is 474. The van der Waals surface area contributed by atoms with E-state index < -0.39 is 0 Å². The van der Waals surface area contributed by atoms with E-state index in [-0.39, 0.29) is 5.91 Å². The average Bonchev–Trinajstić information content (AvgIpc) is 2.28. The molecule has 0 fully saturated rings. The van der Waals surface area contributed by atoms with E-state index in [2.05, 4.69) is 12.2 Å². The van der Waals surface area contributed by atoms with Gasteiger partial charge >= 0.3 is 0 Å². The Labute approximate surface area is 114 Å². The highest BCUT2D eigenvalue weighted by Crippen LogP contribution is 2.29. The van der Waals surface area contributed by atoms with Gasteiger partial charge in [0.25, 0.3) is 0 Å². The van der Waals surface area contributed by atoms with Crippen LogP contribution in [0.3, 0.4) is 0 Å². The number of halogens is 1. The van der Waals surface area contributed by atoms with Crippen LogP contribution < -0.4 is 5.32 Å². The summed E-state index contributed by atoms with van der Waals surface area (Å²) in [6.45, 7) is 7.91. The van der Waals surface area contributed by atoms with Crippen LogP contribution in [0, 0.1) is 0 Å². The van der Waals surface area contributed by atoms with Gasteiger partial charge in [0.15, 0.2) is 0 Å². The second kappa shape index (κ2) is 6.60. The molecule has 0 saturated carbocycles. The van der Waals surface area contributed by atoms with Crippen molar-refractivity contribution < 1.29 is 4.79 Å². The van der Waals surface area contributed by atoms with Gasteiger partial charge in [-0.05, 0) is 43.9 Å². The maximum atomic E-state index is 11.8. The number of carbonyl (C=O) groups is 1. The Hall–Kier alpha value is -1.28. The van der Waals surface area contributed by atoms with Crippen LogP contribution in [-0.4, -0.2) is 5.91 Å². The summed E-state index contributed by atoms with van der Waals surface area (Å²) in [5.74, 6) is -0.0957. The van der Waals surface area contributed by atoms with E-state index in [0.717, 1.165) is 35.2 Å².